The molecule has 0 unspecified atom stereocenters. The fourth-order valence-electron chi connectivity index (χ4n) is 0.900. The molecule has 0 aliphatic rings. The molecule has 0 aromatic carbocycles. The van der Waals surface area contributed by atoms with E-state index >= 15 is 0 Å². The maximum absolute atomic E-state index is 2.39. The Morgan fingerprint density at radius 1 is 1.20 bits per heavy atom. The van der Waals surface area contributed by atoms with Gasteiger partial charge in [-0.1, -0.05) is 19.8 Å². The van der Waals surface area contributed by atoms with Crippen molar-refractivity contribution in [2.45, 2.75) is 32.6 Å². The standard InChI is InChI=1S/C9H20N/c1-4-5-6-7-8-9-10(2)3/h6H,4-5,7-9H2,1-3H3. The van der Waals surface area contributed by atoms with Gasteiger partial charge in [-0.05, 0) is 39.9 Å². The van der Waals surface area contributed by atoms with Gasteiger partial charge in [0.25, 0.3) is 0 Å². The van der Waals surface area contributed by atoms with Crippen LogP contribution in [0.25, 0.3) is 0 Å². The summed E-state index contributed by atoms with van der Waals surface area (Å²) in [5.41, 5.74) is 0. The molecular formula is C9H20N. The lowest BCUT2D eigenvalue weighted by Crippen LogP contribution is -2.12. The summed E-state index contributed by atoms with van der Waals surface area (Å²) in [4.78, 5) is 2.24. The van der Waals surface area contributed by atoms with Gasteiger partial charge >= 0.3 is 0 Å². The molecule has 0 aromatic rings. The minimum Gasteiger partial charge on any atom is -0.309 e. The molecule has 0 saturated heterocycles. The van der Waals surface area contributed by atoms with E-state index in [0.29, 0.717) is 0 Å². The van der Waals surface area contributed by atoms with Crippen molar-refractivity contribution in [2.75, 3.05) is 20.6 Å². The summed E-state index contributed by atoms with van der Waals surface area (Å²) >= 11 is 0. The van der Waals surface area contributed by atoms with Crippen molar-refractivity contribution in [3.05, 3.63) is 6.42 Å². The van der Waals surface area contributed by atoms with Gasteiger partial charge in [0.15, 0.2) is 0 Å². The van der Waals surface area contributed by atoms with Gasteiger partial charge in [-0.25, -0.2) is 0 Å². The van der Waals surface area contributed by atoms with Gasteiger partial charge in [0.2, 0.25) is 0 Å². The third-order valence-electron chi connectivity index (χ3n) is 1.51. The molecule has 0 aromatic heterocycles. The maximum atomic E-state index is 2.39. The Morgan fingerprint density at radius 3 is 2.40 bits per heavy atom. The highest BCUT2D eigenvalue weighted by Crippen LogP contribution is 2.00. The SMILES string of the molecule is CCC[CH]CCCN(C)C. The van der Waals surface area contributed by atoms with Crippen molar-refractivity contribution in [3.63, 3.8) is 0 Å². The molecule has 0 bridgehead atoms. The van der Waals surface area contributed by atoms with Gasteiger partial charge in [-0.2, -0.15) is 0 Å². The first-order chi connectivity index (χ1) is 4.77. The fraction of sp³-hybridized carbons (Fsp3) is 0.889. The number of hydrogen-bond acceptors (Lipinski definition) is 1. The second kappa shape index (κ2) is 7.07. The van der Waals surface area contributed by atoms with Crippen molar-refractivity contribution in [1.82, 2.24) is 4.90 Å². The molecule has 1 heteroatoms. The lowest BCUT2D eigenvalue weighted by atomic mass is 10.1. The van der Waals surface area contributed by atoms with Crippen LogP contribution in [0.2, 0.25) is 0 Å². The van der Waals surface area contributed by atoms with Crippen LogP contribution in [0.5, 0.6) is 0 Å². The van der Waals surface area contributed by atoms with E-state index in [1.807, 2.05) is 0 Å². The Balaban J connectivity index is 2.77. The Bertz CT molecular complexity index is 59.7. The highest BCUT2D eigenvalue weighted by Gasteiger charge is 1.90. The lowest BCUT2D eigenvalue weighted by Gasteiger charge is -2.07. The fourth-order valence-corrected chi connectivity index (χ4v) is 0.900. The van der Waals surface area contributed by atoms with Gasteiger partial charge < -0.3 is 4.90 Å². The summed E-state index contributed by atoms with van der Waals surface area (Å²) in [6, 6.07) is 0. The first-order valence-corrected chi connectivity index (χ1v) is 4.23. The van der Waals surface area contributed by atoms with E-state index in [2.05, 4.69) is 32.3 Å². The molecule has 0 amide bonds. The van der Waals surface area contributed by atoms with Crippen LogP contribution in [-0.2, 0) is 0 Å². The van der Waals surface area contributed by atoms with E-state index < -0.39 is 0 Å². The molecule has 1 radical (unpaired) electrons. The smallest absolute Gasteiger partial charge is 0.00247 e. The number of hydrogen-bond donors (Lipinski definition) is 0. The highest BCUT2D eigenvalue weighted by molar-refractivity contribution is 4.63. The molecule has 1 nitrogen and oxygen atoms in total. The maximum Gasteiger partial charge on any atom is -0.00247 e. The summed E-state index contributed by atoms with van der Waals surface area (Å²) < 4.78 is 0. The average Bonchev–Trinajstić information content (AvgIpc) is 1.87. The minimum absolute atomic E-state index is 1.22. The molecule has 0 N–H and O–H groups in total. The van der Waals surface area contributed by atoms with Gasteiger partial charge in [0.05, 0.1) is 0 Å². The molecule has 10 heavy (non-hydrogen) atoms. The lowest BCUT2D eigenvalue weighted by molar-refractivity contribution is 0.398. The first kappa shape index (κ1) is 9.96. The molecule has 0 aliphatic heterocycles. The Hall–Kier alpha value is -0.0400. The molecule has 0 rings (SSSR count). The normalized spacial score (nSPS) is 10.8. The van der Waals surface area contributed by atoms with Crippen LogP contribution in [0.1, 0.15) is 32.6 Å². The number of unbranched alkanes of at least 4 members (excludes halogenated alkanes) is 4. The predicted molar refractivity (Wildman–Crippen MR) is 47.0 cm³/mol. The Morgan fingerprint density at radius 2 is 1.90 bits per heavy atom. The predicted octanol–water partition coefficient (Wildman–Crippen LogP) is 2.33. The van der Waals surface area contributed by atoms with E-state index in [0.717, 1.165) is 0 Å². The topological polar surface area (TPSA) is 3.24 Å². The van der Waals surface area contributed by atoms with Crippen LogP contribution in [0.4, 0.5) is 0 Å². The van der Waals surface area contributed by atoms with Gasteiger partial charge in [-0.15, -0.1) is 0 Å². The zero-order chi connectivity index (χ0) is 7.82. The zero-order valence-electron chi connectivity index (χ0n) is 7.56. The molecule has 0 spiro atoms. The van der Waals surface area contributed by atoms with Crippen molar-refractivity contribution in [2.24, 2.45) is 0 Å². The molecule has 0 atom stereocenters. The van der Waals surface area contributed by atoms with E-state index in [9.17, 15) is 0 Å². The van der Waals surface area contributed by atoms with Gasteiger partial charge in [0.1, 0.15) is 0 Å². The second-order valence-corrected chi connectivity index (χ2v) is 3.02. The van der Waals surface area contributed by atoms with Gasteiger partial charge in [0, 0.05) is 0 Å². The van der Waals surface area contributed by atoms with Crippen LogP contribution >= 0.6 is 0 Å². The van der Waals surface area contributed by atoms with Crippen molar-refractivity contribution >= 4 is 0 Å². The first-order valence-electron chi connectivity index (χ1n) is 4.23. The monoisotopic (exact) mass is 142 g/mol. The van der Waals surface area contributed by atoms with Crippen LogP contribution in [0, 0.1) is 6.42 Å². The highest BCUT2D eigenvalue weighted by atomic mass is 15.0. The van der Waals surface area contributed by atoms with Crippen LogP contribution in [0.15, 0.2) is 0 Å². The largest absolute Gasteiger partial charge is 0.309 e. The molecule has 0 saturated carbocycles. The van der Waals surface area contributed by atoms with Crippen LogP contribution in [0.3, 0.4) is 0 Å². The van der Waals surface area contributed by atoms with E-state index in [4.69, 9.17) is 0 Å². The molecular weight excluding hydrogens is 122 g/mol. The second-order valence-electron chi connectivity index (χ2n) is 3.02. The number of nitrogens with zero attached hydrogens (tertiary/aromatic N) is 1. The zero-order valence-corrected chi connectivity index (χ0v) is 7.56. The third-order valence-corrected chi connectivity index (χ3v) is 1.51. The minimum atomic E-state index is 1.22. The van der Waals surface area contributed by atoms with Crippen molar-refractivity contribution < 1.29 is 0 Å². The summed E-state index contributed by atoms with van der Waals surface area (Å²) in [5, 5.41) is 0. The average molecular weight is 142 g/mol. The van der Waals surface area contributed by atoms with Crippen molar-refractivity contribution in [3.8, 4) is 0 Å². The quantitative estimate of drug-likeness (QED) is 0.514. The van der Waals surface area contributed by atoms with Crippen LogP contribution < -0.4 is 0 Å². The molecule has 0 fully saturated rings. The molecule has 0 heterocycles. The Labute approximate surface area is 65.4 Å². The van der Waals surface area contributed by atoms with E-state index in [1.54, 1.807) is 0 Å². The van der Waals surface area contributed by atoms with Crippen molar-refractivity contribution in [1.29, 1.82) is 0 Å². The summed E-state index contributed by atoms with van der Waals surface area (Å²) in [6.07, 6.45) is 7.57. The van der Waals surface area contributed by atoms with E-state index in [-0.39, 0.29) is 0 Å². The third kappa shape index (κ3) is 7.96. The summed E-state index contributed by atoms with van der Waals surface area (Å²) in [5.74, 6) is 0. The molecule has 61 valence electrons. The van der Waals surface area contributed by atoms with Crippen LogP contribution in [-0.4, -0.2) is 25.5 Å². The molecule has 0 aliphatic carbocycles. The summed E-state index contributed by atoms with van der Waals surface area (Å²) in [7, 11) is 4.25. The van der Waals surface area contributed by atoms with E-state index in [1.165, 1.54) is 32.2 Å². The number of rotatable bonds is 6. The van der Waals surface area contributed by atoms with Gasteiger partial charge in [-0.3, -0.25) is 0 Å². The Kier molecular flexibility index (Phi) is 7.04. The summed E-state index contributed by atoms with van der Waals surface area (Å²) in [6.45, 7) is 3.45.